The number of hydrogen-bond donors (Lipinski definition) is 1. The zero-order valence-corrected chi connectivity index (χ0v) is 15.3. The summed E-state index contributed by atoms with van der Waals surface area (Å²) in [7, 11) is 1.96. The van der Waals surface area contributed by atoms with E-state index in [1.807, 2.05) is 54.4 Å². The standard InChI is InChI=1S/C23H24N2O/c1-18-12-14-19(15-13-18)16-25(2)17-23(26)24-22-11-7-6-10-21(22)20-8-4-3-5-9-20/h3-15H,16-17H2,1-2H3,(H,24,26). The molecule has 0 radical (unpaired) electrons. The van der Waals surface area contributed by atoms with E-state index in [4.69, 9.17) is 0 Å². The van der Waals surface area contributed by atoms with Crippen molar-refractivity contribution in [3.63, 3.8) is 0 Å². The second-order valence-electron chi connectivity index (χ2n) is 6.62. The predicted octanol–water partition coefficient (Wildman–Crippen LogP) is 4.73. The second kappa shape index (κ2) is 8.45. The molecule has 1 N–H and O–H groups in total. The molecule has 3 heteroatoms. The number of benzene rings is 3. The topological polar surface area (TPSA) is 32.3 Å². The van der Waals surface area contributed by atoms with Crippen LogP contribution in [0.2, 0.25) is 0 Å². The molecular weight excluding hydrogens is 320 g/mol. The van der Waals surface area contributed by atoms with Crippen LogP contribution in [-0.4, -0.2) is 24.4 Å². The summed E-state index contributed by atoms with van der Waals surface area (Å²) in [5.74, 6) is -0.0111. The molecule has 3 nitrogen and oxygen atoms in total. The van der Waals surface area contributed by atoms with Crippen molar-refractivity contribution in [1.82, 2.24) is 4.90 Å². The molecule has 0 aliphatic heterocycles. The molecule has 0 saturated heterocycles. The Bertz CT molecular complexity index is 857. The van der Waals surface area contributed by atoms with Crippen molar-refractivity contribution in [3.05, 3.63) is 90.0 Å². The van der Waals surface area contributed by atoms with Crippen molar-refractivity contribution in [3.8, 4) is 11.1 Å². The van der Waals surface area contributed by atoms with Crippen LogP contribution < -0.4 is 5.32 Å². The molecule has 1 amide bonds. The summed E-state index contributed by atoms with van der Waals surface area (Å²) >= 11 is 0. The lowest BCUT2D eigenvalue weighted by Gasteiger charge is -2.17. The third kappa shape index (κ3) is 4.80. The number of nitrogens with zero attached hydrogens (tertiary/aromatic N) is 1. The van der Waals surface area contributed by atoms with E-state index in [2.05, 4.69) is 48.6 Å². The monoisotopic (exact) mass is 344 g/mol. The smallest absolute Gasteiger partial charge is 0.238 e. The van der Waals surface area contributed by atoms with Gasteiger partial charge in [-0.2, -0.15) is 0 Å². The van der Waals surface area contributed by atoms with E-state index in [0.717, 1.165) is 23.4 Å². The largest absolute Gasteiger partial charge is 0.324 e. The average Bonchev–Trinajstić information content (AvgIpc) is 2.64. The molecule has 0 saturated carbocycles. The Hall–Kier alpha value is -2.91. The Morgan fingerprint density at radius 3 is 2.27 bits per heavy atom. The third-order valence-electron chi connectivity index (χ3n) is 4.27. The number of nitrogens with one attached hydrogen (secondary N) is 1. The maximum Gasteiger partial charge on any atom is 0.238 e. The molecule has 0 aliphatic rings. The van der Waals surface area contributed by atoms with Gasteiger partial charge in [-0.1, -0.05) is 78.4 Å². The van der Waals surface area contributed by atoms with Crippen molar-refractivity contribution in [1.29, 1.82) is 0 Å². The number of hydrogen-bond acceptors (Lipinski definition) is 2. The molecule has 3 rings (SSSR count). The first-order chi connectivity index (χ1) is 12.6. The van der Waals surface area contributed by atoms with E-state index in [1.54, 1.807) is 0 Å². The number of para-hydroxylation sites is 1. The molecule has 3 aromatic carbocycles. The van der Waals surface area contributed by atoms with Crippen LogP contribution in [-0.2, 0) is 11.3 Å². The average molecular weight is 344 g/mol. The maximum atomic E-state index is 12.5. The fourth-order valence-electron chi connectivity index (χ4n) is 2.96. The Balaban J connectivity index is 1.64. The summed E-state index contributed by atoms with van der Waals surface area (Å²) in [6.45, 7) is 3.16. The van der Waals surface area contributed by atoms with Crippen molar-refractivity contribution in [2.75, 3.05) is 18.9 Å². The molecular formula is C23H24N2O. The number of amides is 1. The number of carbonyl (C=O) groups is 1. The predicted molar refractivity (Wildman–Crippen MR) is 108 cm³/mol. The summed E-state index contributed by atoms with van der Waals surface area (Å²) in [5.41, 5.74) is 5.41. The van der Waals surface area contributed by atoms with Crippen LogP contribution in [0.4, 0.5) is 5.69 Å². The van der Waals surface area contributed by atoms with Gasteiger partial charge >= 0.3 is 0 Å². The molecule has 3 aromatic rings. The number of anilines is 1. The van der Waals surface area contributed by atoms with Gasteiger partial charge in [0, 0.05) is 17.8 Å². The summed E-state index contributed by atoms with van der Waals surface area (Å²) in [6.07, 6.45) is 0. The normalized spacial score (nSPS) is 10.7. The van der Waals surface area contributed by atoms with Gasteiger partial charge in [-0.15, -0.1) is 0 Å². The highest BCUT2D eigenvalue weighted by Crippen LogP contribution is 2.27. The van der Waals surface area contributed by atoms with Crippen molar-refractivity contribution < 1.29 is 4.79 Å². The van der Waals surface area contributed by atoms with Crippen molar-refractivity contribution in [2.45, 2.75) is 13.5 Å². The number of likely N-dealkylation sites (N-methyl/N-ethyl adjacent to an activating group) is 1. The van der Waals surface area contributed by atoms with Crippen molar-refractivity contribution >= 4 is 11.6 Å². The SMILES string of the molecule is Cc1ccc(CN(C)CC(=O)Nc2ccccc2-c2ccccc2)cc1. The van der Waals surface area contributed by atoms with E-state index in [0.29, 0.717) is 6.54 Å². The molecule has 0 fully saturated rings. The van der Waals surface area contributed by atoms with E-state index < -0.39 is 0 Å². The van der Waals surface area contributed by atoms with Gasteiger partial charge in [0.1, 0.15) is 0 Å². The molecule has 26 heavy (non-hydrogen) atoms. The quantitative estimate of drug-likeness (QED) is 0.701. The van der Waals surface area contributed by atoms with Gasteiger partial charge in [0.05, 0.1) is 6.54 Å². The summed E-state index contributed by atoms with van der Waals surface area (Å²) in [4.78, 5) is 14.5. The number of carbonyl (C=O) groups excluding carboxylic acids is 1. The Morgan fingerprint density at radius 1 is 0.885 bits per heavy atom. The highest BCUT2D eigenvalue weighted by molar-refractivity contribution is 5.96. The van der Waals surface area contributed by atoms with Gasteiger partial charge in [-0.25, -0.2) is 0 Å². The minimum Gasteiger partial charge on any atom is -0.324 e. The maximum absolute atomic E-state index is 12.5. The lowest BCUT2D eigenvalue weighted by molar-refractivity contribution is -0.117. The van der Waals surface area contributed by atoms with Gasteiger partial charge < -0.3 is 5.32 Å². The van der Waals surface area contributed by atoms with Gasteiger partial charge in [0.25, 0.3) is 0 Å². The molecule has 132 valence electrons. The minimum absolute atomic E-state index is 0.0111. The van der Waals surface area contributed by atoms with Crippen LogP contribution in [0.3, 0.4) is 0 Å². The molecule has 0 aliphatic carbocycles. The van der Waals surface area contributed by atoms with Crippen LogP contribution in [0, 0.1) is 6.92 Å². The third-order valence-corrected chi connectivity index (χ3v) is 4.27. The summed E-state index contributed by atoms with van der Waals surface area (Å²) in [6, 6.07) is 26.4. The highest BCUT2D eigenvalue weighted by atomic mass is 16.2. The van der Waals surface area contributed by atoms with Crippen LogP contribution in [0.15, 0.2) is 78.9 Å². The van der Waals surface area contributed by atoms with Gasteiger partial charge in [-0.3, -0.25) is 9.69 Å². The Morgan fingerprint density at radius 2 is 1.54 bits per heavy atom. The summed E-state index contributed by atoms with van der Waals surface area (Å²) in [5, 5.41) is 3.05. The van der Waals surface area contributed by atoms with E-state index >= 15 is 0 Å². The first-order valence-electron chi connectivity index (χ1n) is 8.80. The summed E-state index contributed by atoms with van der Waals surface area (Å²) < 4.78 is 0. The fraction of sp³-hybridized carbons (Fsp3) is 0.174. The van der Waals surface area contributed by atoms with Crippen LogP contribution in [0.1, 0.15) is 11.1 Å². The number of rotatable bonds is 6. The fourth-order valence-corrected chi connectivity index (χ4v) is 2.96. The second-order valence-corrected chi connectivity index (χ2v) is 6.62. The highest BCUT2D eigenvalue weighted by Gasteiger charge is 2.10. The molecule has 0 atom stereocenters. The Labute approximate surface area is 155 Å². The molecule has 0 spiro atoms. The van der Waals surface area contributed by atoms with E-state index in [1.165, 1.54) is 11.1 Å². The molecule has 0 aromatic heterocycles. The molecule has 0 bridgehead atoms. The van der Waals surface area contributed by atoms with Crippen LogP contribution >= 0.6 is 0 Å². The first-order valence-corrected chi connectivity index (χ1v) is 8.80. The van der Waals surface area contributed by atoms with Crippen molar-refractivity contribution in [2.24, 2.45) is 0 Å². The van der Waals surface area contributed by atoms with Crippen LogP contribution in [0.25, 0.3) is 11.1 Å². The van der Waals surface area contributed by atoms with Gasteiger partial charge in [-0.05, 0) is 31.2 Å². The first kappa shape index (κ1) is 17.9. The molecule has 0 unspecified atom stereocenters. The lowest BCUT2D eigenvalue weighted by Crippen LogP contribution is -2.30. The zero-order chi connectivity index (χ0) is 18.4. The molecule has 0 heterocycles. The van der Waals surface area contributed by atoms with Crippen LogP contribution in [0.5, 0.6) is 0 Å². The lowest BCUT2D eigenvalue weighted by atomic mass is 10.0. The Kier molecular flexibility index (Phi) is 5.82. The van der Waals surface area contributed by atoms with Gasteiger partial charge in [0.2, 0.25) is 5.91 Å². The minimum atomic E-state index is -0.0111. The van der Waals surface area contributed by atoms with E-state index in [9.17, 15) is 4.79 Å². The zero-order valence-electron chi connectivity index (χ0n) is 15.3. The van der Waals surface area contributed by atoms with E-state index in [-0.39, 0.29) is 5.91 Å². The van der Waals surface area contributed by atoms with Gasteiger partial charge in [0.15, 0.2) is 0 Å². The number of aryl methyl sites for hydroxylation is 1.